The first-order chi connectivity index (χ1) is 48.4. The Balaban J connectivity index is -0.00000195. The first-order valence-electron chi connectivity index (χ1n) is 35.0. The van der Waals surface area contributed by atoms with Crippen LogP contribution < -0.4 is 91.0 Å². The van der Waals surface area contributed by atoms with Crippen molar-refractivity contribution >= 4 is 90.6 Å². The molecular formula is C66H116N8Na2O27S2. The standard InChI is InChI=1S/C35H64N4O13S.C31H54N4O14S.2Na/c1-6-16-39(34(45)11-10-31(42)37-15-25-53(46,47)48)17-12-33(44)38-35(27(2)3)30(41)26-29(28(4)40)9-7-8-14-36-32(43)13-18-50-21-22-52-24-23-51-20-19-49-5;1-6-13-35(26(41)10-9-23(38)32-12-15-50(45,46)47)14-11-25(40)34-27(18(2)3)21(37)16-20(19(4)36)7-8-24(39)33-17-22-28(42)29(43)30(44)31(48-5)49-22;;/h27,29,35H,6-26H2,1-5H3,(H,36,43)(H,37,42)(H,38,44)(H,46,47,48);18,20,22,27-31,42-44H,6-17H2,1-5H3,(H,32,38)(H,33,39)(H,34,40)(H,45,46,47);;/q;;2*+1/p-2/t29-,35+;20-,22-,27+,28-,29+,30-,31-;;/m11../s1. The van der Waals surface area contributed by atoms with Gasteiger partial charge in [-0.3, -0.25) is 57.5 Å². The van der Waals surface area contributed by atoms with Crippen LogP contribution in [0.25, 0.3) is 0 Å². The Kier molecular flexibility index (Phi) is 59.8. The summed E-state index contributed by atoms with van der Waals surface area (Å²) in [7, 11) is -6.11. The van der Waals surface area contributed by atoms with Crippen molar-refractivity contribution in [3.05, 3.63) is 0 Å². The molecule has 0 aliphatic carbocycles. The van der Waals surface area contributed by atoms with Crippen molar-refractivity contribution in [3.8, 4) is 0 Å². The summed E-state index contributed by atoms with van der Waals surface area (Å²) in [6, 6.07) is -1.77. The molecule has 0 aromatic carbocycles. The molecule has 0 unspecified atom stereocenters. The Morgan fingerprint density at radius 2 is 0.876 bits per heavy atom. The van der Waals surface area contributed by atoms with Gasteiger partial charge in [0, 0.05) is 143 Å². The van der Waals surface area contributed by atoms with E-state index in [2.05, 4.69) is 31.9 Å². The Morgan fingerprint density at radius 3 is 1.28 bits per heavy atom. The fourth-order valence-corrected chi connectivity index (χ4v) is 10.9. The number of ketones is 4. The number of rotatable bonds is 57. The van der Waals surface area contributed by atoms with Gasteiger partial charge in [0.15, 0.2) is 17.9 Å². The third-order valence-electron chi connectivity index (χ3n) is 16.2. The average molecular weight is 1560 g/mol. The van der Waals surface area contributed by atoms with Crippen LogP contribution in [0.5, 0.6) is 0 Å². The summed E-state index contributed by atoms with van der Waals surface area (Å²) in [5.74, 6) is -8.15. The Labute approximate surface area is 662 Å². The number of aliphatic hydroxyl groups excluding tert-OH is 3. The van der Waals surface area contributed by atoms with Gasteiger partial charge in [-0.2, -0.15) is 0 Å². The van der Waals surface area contributed by atoms with Gasteiger partial charge in [0.25, 0.3) is 0 Å². The van der Waals surface area contributed by atoms with Crippen LogP contribution in [0, 0.1) is 23.7 Å². The van der Waals surface area contributed by atoms with E-state index in [1.54, 1.807) is 34.8 Å². The molecule has 0 bridgehead atoms. The number of unbranched alkanes of at least 4 members (excludes halogenated alkanes) is 1. The van der Waals surface area contributed by atoms with Crippen LogP contribution in [-0.2, 0) is 106 Å². The van der Waals surface area contributed by atoms with Gasteiger partial charge in [-0.1, -0.05) is 48.0 Å². The van der Waals surface area contributed by atoms with Crippen LogP contribution >= 0.6 is 0 Å². The molecule has 1 aliphatic rings. The number of methoxy groups -OCH3 is 2. The number of hydrogen-bond acceptors (Lipinski definition) is 27. The number of ether oxygens (including phenoxy) is 6. The molecule has 35 nitrogen and oxygen atoms in total. The summed E-state index contributed by atoms with van der Waals surface area (Å²) >= 11 is 0. The number of nitrogens with one attached hydrogen (secondary N) is 6. The van der Waals surface area contributed by atoms with Gasteiger partial charge >= 0.3 is 59.1 Å². The molecule has 0 radical (unpaired) electrons. The van der Waals surface area contributed by atoms with Crippen molar-refractivity contribution in [2.75, 3.05) is 124 Å². The smallest absolute Gasteiger partial charge is 0.748 e. The van der Waals surface area contributed by atoms with E-state index in [0.29, 0.717) is 91.4 Å². The minimum Gasteiger partial charge on any atom is -0.748 e. The second kappa shape index (κ2) is 59.7. The van der Waals surface area contributed by atoms with E-state index in [0.717, 1.165) is 0 Å². The van der Waals surface area contributed by atoms with E-state index >= 15 is 0 Å². The number of carbonyl (C=O) groups is 12. The van der Waals surface area contributed by atoms with Gasteiger partial charge in [0.1, 0.15) is 36.0 Å². The topological polar surface area (TPSA) is 514 Å². The molecule has 1 rings (SSSR count). The summed E-state index contributed by atoms with van der Waals surface area (Å²) in [5, 5.41) is 45.4. The van der Waals surface area contributed by atoms with E-state index < -0.39 is 128 Å². The van der Waals surface area contributed by atoms with Gasteiger partial charge < -0.3 is 94.5 Å². The molecule has 0 spiro atoms. The molecule has 1 aliphatic heterocycles. The predicted molar refractivity (Wildman–Crippen MR) is 369 cm³/mol. The molecule has 596 valence electrons. The average Bonchev–Trinajstić information content (AvgIpc) is 0.820. The van der Waals surface area contributed by atoms with Crippen LogP contribution in [-0.4, -0.2) is 289 Å². The Morgan fingerprint density at radius 1 is 0.476 bits per heavy atom. The van der Waals surface area contributed by atoms with Crippen molar-refractivity contribution in [2.45, 2.75) is 201 Å². The molecular weight excluding hydrogens is 1450 g/mol. The largest absolute Gasteiger partial charge is 1.00 e. The van der Waals surface area contributed by atoms with Crippen molar-refractivity contribution in [1.29, 1.82) is 0 Å². The first kappa shape index (κ1) is 105. The van der Waals surface area contributed by atoms with Gasteiger partial charge in [0.05, 0.1) is 90.1 Å². The third kappa shape index (κ3) is 51.1. The van der Waals surface area contributed by atoms with E-state index in [1.165, 1.54) is 30.8 Å². The SMILES string of the molecule is CCCN(CCC(=O)N[C@H](C(=O)C[C@@H](CCC(=O)NC[C@H]1O[C@@H](OC)[C@H](O)[C@@H](O)[C@@H]1O)C(C)=O)C(C)C)C(=O)CCC(=O)NCCS(=O)(=O)[O-].CCCN(CCC(=O)N[C@H](C(=O)C[C@@H](CCCCNC(=O)CCOCCOCCOCCOC)C(C)=O)C(C)C)C(=O)CCC(=O)NCCS(=O)(=O)[O-].[Na+].[Na+]. The van der Waals surface area contributed by atoms with Crippen molar-refractivity contribution in [3.63, 3.8) is 0 Å². The summed E-state index contributed by atoms with van der Waals surface area (Å²) in [6.07, 6.45) is -5.19. The van der Waals surface area contributed by atoms with Crippen LogP contribution in [0.4, 0.5) is 0 Å². The van der Waals surface area contributed by atoms with E-state index in [4.69, 9.17) is 28.4 Å². The zero-order valence-electron chi connectivity index (χ0n) is 63.5. The molecule has 0 aromatic rings. The Hall–Kier alpha value is -4.10. The zero-order valence-corrected chi connectivity index (χ0v) is 69.2. The summed E-state index contributed by atoms with van der Waals surface area (Å²) < 4.78 is 95.3. The summed E-state index contributed by atoms with van der Waals surface area (Å²) in [6.45, 7) is 16.6. The third-order valence-corrected chi connectivity index (χ3v) is 17.6. The van der Waals surface area contributed by atoms with Gasteiger partial charge in [0.2, 0.25) is 47.3 Å². The molecule has 0 saturated carbocycles. The quantitative estimate of drug-likeness (QED) is 0.0155. The minimum absolute atomic E-state index is 0. The maximum atomic E-state index is 13.3. The van der Waals surface area contributed by atoms with Gasteiger partial charge in [-0.05, 0) is 57.8 Å². The normalized spacial score (nSPS) is 16.8. The van der Waals surface area contributed by atoms with Crippen LogP contribution in [0.3, 0.4) is 0 Å². The number of nitrogens with zero attached hydrogens (tertiary/aromatic N) is 2. The van der Waals surface area contributed by atoms with Crippen molar-refractivity contribution in [1.82, 2.24) is 41.7 Å². The van der Waals surface area contributed by atoms with E-state index in [1.807, 2.05) is 13.8 Å². The summed E-state index contributed by atoms with van der Waals surface area (Å²) in [5.41, 5.74) is 0. The van der Waals surface area contributed by atoms with Gasteiger partial charge in [-0.15, -0.1) is 0 Å². The second-order valence-electron chi connectivity index (χ2n) is 25.5. The first-order valence-corrected chi connectivity index (χ1v) is 38.2. The second-order valence-corrected chi connectivity index (χ2v) is 28.6. The molecule has 1 heterocycles. The molecule has 1 saturated heterocycles. The Bertz CT molecular complexity index is 2850. The van der Waals surface area contributed by atoms with Gasteiger partial charge in [-0.25, -0.2) is 16.8 Å². The maximum absolute atomic E-state index is 13.3. The number of aliphatic hydroxyl groups is 3. The molecule has 9 atom stereocenters. The number of carbonyl (C=O) groups excluding carboxylic acids is 12. The maximum Gasteiger partial charge on any atom is 1.00 e. The zero-order chi connectivity index (χ0) is 78.3. The van der Waals surface area contributed by atoms with E-state index in [-0.39, 0.29) is 210 Å². The van der Waals surface area contributed by atoms with E-state index in [9.17, 15) is 98.8 Å². The molecule has 8 amide bonds. The number of Topliss-reactive ketones (excluding diaryl/α,β-unsaturated/α-hetero) is 4. The molecule has 105 heavy (non-hydrogen) atoms. The molecule has 9 N–H and O–H groups in total. The number of hydrogen-bond donors (Lipinski definition) is 9. The van der Waals surface area contributed by atoms with Crippen LogP contribution in [0.2, 0.25) is 0 Å². The van der Waals surface area contributed by atoms with Crippen LogP contribution in [0.15, 0.2) is 0 Å². The van der Waals surface area contributed by atoms with Crippen molar-refractivity contribution in [2.24, 2.45) is 23.7 Å². The monoisotopic (exact) mass is 1560 g/mol. The predicted octanol–water partition coefficient (Wildman–Crippen LogP) is -7.54. The van der Waals surface area contributed by atoms with Crippen LogP contribution in [0.1, 0.15) is 158 Å². The minimum atomic E-state index is -4.49. The number of amides is 8. The fourth-order valence-electron chi connectivity index (χ4n) is 10.2. The molecule has 39 heteroatoms. The summed E-state index contributed by atoms with van der Waals surface area (Å²) in [4.78, 5) is 154. The molecule has 1 fully saturated rings. The molecule has 0 aromatic heterocycles. The fraction of sp³-hybridized carbons (Fsp3) is 0.818. The van der Waals surface area contributed by atoms with Crippen molar-refractivity contribution < 1.29 is 186 Å².